The zero-order chi connectivity index (χ0) is 13.0. The van der Waals surface area contributed by atoms with E-state index in [-0.39, 0.29) is 0 Å². The first-order chi connectivity index (χ1) is 8.70. The first-order valence-electron chi connectivity index (χ1n) is 6.89. The Hall–Kier alpha value is -0.900. The summed E-state index contributed by atoms with van der Waals surface area (Å²) in [7, 11) is 2.21. The second-order valence-electron chi connectivity index (χ2n) is 5.42. The third-order valence-corrected chi connectivity index (χ3v) is 4.10. The third-order valence-electron chi connectivity index (χ3n) is 4.10. The van der Waals surface area contributed by atoms with Gasteiger partial charge in [-0.25, -0.2) is 0 Å². The van der Waals surface area contributed by atoms with Crippen molar-refractivity contribution in [2.45, 2.75) is 32.0 Å². The molecule has 0 aromatic heterocycles. The summed E-state index contributed by atoms with van der Waals surface area (Å²) in [6, 6.07) is 11.8. The minimum Gasteiger partial charge on any atom is -0.329 e. The number of nitrogens with two attached hydrogens (primary N) is 1. The second kappa shape index (κ2) is 6.32. The highest BCUT2D eigenvalue weighted by atomic mass is 15.2. The van der Waals surface area contributed by atoms with Gasteiger partial charge in [-0.3, -0.25) is 4.90 Å². The standard InChI is InChI=1S/C15H25N3/c1-13-8-9-18(15(10-16)12-17(13)2)11-14-6-4-3-5-7-14/h3-7,13,15H,8-12,16H2,1-2H3. The van der Waals surface area contributed by atoms with Crippen molar-refractivity contribution < 1.29 is 0 Å². The van der Waals surface area contributed by atoms with Crippen molar-refractivity contribution in [3.63, 3.8) is 0 Å². The zero-order valence-corrected chi connectivity index (χ0v) is 11.5. The smallest absolute Gasteiger partial charge is 0.0349 e. The summed E-state index contributed by atoms with van der Waals surface area (Å²) in [5.74, 6) is 0. The Balaban J connectivity index is 2.05. The van der Waals surface area contributed by atoms with E-state index in [0.29, 0.717) is 12.1 Å². The molecule has 2 unspecified atom stereocenters. The van der Waals surface area contributed by atoms with Gasteiger partial charge < -0.3 is 10.6 Å². The number of benzene rings is 1. The topological polar surface area (TPSA) is 32.5 Å². The van der Waals surface area contributed by atoms with Crippen LogP contribution in [0.5, 0.6) is 0 Å². The minimum absolute atomic E-state index is 0.472. The fourth-order valence-corrected chi connectivity index (χ4v) is 2.63. The van der Waals surface area contributed by atoms with Crippen LogP contribution in [0.1, 0.15) is 18.9 Å². The molecule has 0 spiro atoms. The fraction of sp³-hybridized carbons (Fsp3) is 0.600. The van der Waals surface area contributed by atoms with Gasteiger partial charge in [0.05, 0.1) is 0 Å². The molecular formula is C15H25N3. The lowest BCUT2D eigenvalue weighted by molar-refractivity contribution is 0.180. The molecule has 0 bridgehead atoms. The second-order valence-corrected chi connectivity index (χ2v) is 5.42. The van der Waals surface area contributed by atoms with Crippen LogP contribution in [0.25, 0.3) is 0 Å². The number of hydrogen-bond acceptors (Lipinski definition) is 3. The van der Waals surface area contributed by atoms with Gasteiger partial charge in [-0.1, -0.05) is 30.3 Å². The van der Waals surface area contributed by atoms with Gasteiger partial charge in [-0.15, -0.1) is 0 Å². The molecule has 1 aliphatic heterocycles. The summed E-state index contributed by atoms with van der Waals surface area (Å²) >= 11 is 0. The van der Waals surface area contributed by atoms with E-state index >= 15 is 0 Å². The van der Waals surface area contributed by atoms with Crippen LogP contribution in [0.15, 0.2) is 30.3 Å². The van der Waals surface area contributed by atoms with E-state index in [1.807, 2.05) is 0 Å². The molecule has 1 heterocycles. The van der Waals surface area contributed by atoms with Crippen LogP contribution < -0.4 is 5.73 Å². The van der Waals surface area contributed by atoms with Gasteiger partial charge in [0, 0.05) is 38.3 Å². The van der Waals surface area contributed by atoms with E-state index < -0.39 is 0 Å². The van der Waals surface area contributed by atoms with E-state index in [9.17, 15) is 0 Å². The number of likely N-dealkylation sites (N-methyl/N-ethyl adjacent to an activating group) is 1. The van der Waals surface area contributed by atoms with Crippen LogP contribution in [0.3, 0.4) is 0 Å². The third kappa shape index (κ3) is 3.31. The first-order valence-corrected chi connectivity index (χ1v) is 6.89. The minimum atomic E-state index is 0.472. The molecule has 1 aliphatic rings. The Morgan fingerprint density at radius 1 is 1.28 bits per heavy atom. The lowest BCUT2D eigenvalue weighted by Crippen LogP contribution is -2.45. The average molecular weight is 247 g/mol. The molecule has 18 heavy (non-hydrogen) atoms. The van der Waals surface area contributed by atoms with E-state index in [1.165, 1.54) is 12.0 Å². The Bertz CT molecular complexity index is 352. The monoisotopic (exact) mass is 247 g/mol. The van der Waals surface area contributed by atoms with Gasteiger partial charge in [0.1, 0.15) is 0 Å². The lowest BCUT2D eigenvalue weighted by Gasteiger charge is -2.30. The number of nitrogens with zero attached hydrogens (tertiary/aromatic N) is 2. The van der Waals surface area contributed by atoms with Crippen molar-refractivity contribution in [2.24, 2.45) is 5.73 Å². The Morgan fingerprint density at radius 3 is 2.67 bits per heavy atom. The van der Waals surface area contributed by atoms with Crippen molar-refractivity contribution in [3.8, 4) is 0 Å². The lowest BCUT2D eigenvalue weighted by atomic mass is 10.1. The maximum atomic E-state index is 5.96. The average Bonchev–Trinajstić information content (AvgIpc) is 2.53. The van der Waals surface area contributed by atoms with Crippen LogP contribution in [0.4, 0.5) is 0 Å². The molecule has 2 N–H and O–H groups in total. The molecule has 1 fully saturated rings. The van der Waals surface area contributed by atoms with Gasteiger partial charge in [-0.2, -0.15) is 0 Å². The molecule has 3 nitrogen and oxygen atoms in total. The SMILES string of the molecule is CC1CCN(Cc2ccccc2)C(CN)CN1C. The van der Waals surface area contributed by atoms with Gasteiger partial charge in [0.25, 0.3) is 0 Å². The Labute approximate surface area is 111 Å². The summed E-state index contributed by atoms with van der Waals surface area (Å²) in [6.07, 6.45) is 1.22. The number of rotatable bonds is 3. The van der Waals surface area contributed by atoms with Crippen molar-refractivity contribution >= 4 is 0 Å². The highest BCUT2D eigenvalue weighted by Crippen LogP contribution is 2.16. The molecule has 2 atom stereocenters. The maximum absolute atomic E-state index is 5.96. The Kier molecular flexibility index (Phi) is 4.75. The molecule has 100 valence electrons. The van der Waals surface area contributed by atoms with Crippen LogP contribution in [0, 0.1) is 0 Å². The molecule has 0 saturated carbocycles. The molecule has 0 aliphatic carbocycles. The molecule has 2 rings (SSSR count). The predicted molar refractivity (Wildman–Crippen MR) is 76.4 cm³/mol. The quantitative estimate of drug-likeness (QED) is 0.879. The first kappa shape index (κ1) is 13.5. The predicted octanol–water partition coefficient (Wildman–Crippen LogP) is 1.54. The largest absolute Gasteiger partial charge is 0.329 e. The van der Waals surface area contributed by atoms with E-state index in [4.69, 9.17) is 5.73 Å². The summed E-state index contributed by atoms with van der Waals surface area (Å²) in [5.41, 5.74) is 7.34. The highest BCUT2D eigenvalue weighted by Gasteiger charge is 2.25. The van der Waals surface area contributed by atoms with Crippen LogP contribution in [-0.2, 0) is 6.54 Å². The molecule has 1 aromatic rings. The summed E-state index contributed by atoms with van der Waals surface area (Å²) in [4.78, 5) is 4.97. The van der Waals surface area contributed by atoms with E-state index in [1.54, 1.807) is 0 Å². The van der Waals surface area contributed by atoms with Crippen molar-refractivity contribution in [2.75, 3.05) is 26.7 Å². The molecule has 1 aromatic carbocycles. The van der Waals surface area contributed by atoms with Crippen molar-refractivity contribution in [1.29, 1.82) is 0 Å². The summed E-state index contributed by atoms with van der Waals surface area (Å²) in [6.45, 7) is 6.28. The van der Waals surface area contributed by atoms with Gasteiger partial charge in [0.2, 0.25) is 0 Å². The van der Waals surface area contributed by atoms with Crippen molar-refractivity contribution in [3.05, 3.63) is 35.9 Å². The van der Waals surface area contributed by atoms with Crippen LogP contribution in [-0.4, -0.2) is 48.6 Å². The van der Waals surface area contributed by atoms with Gasteiger partial charge >= 0.3 is 0 Å². The zero-order valence-electron chi connectivity index (χ0n) is 11.5. The fourth-order valence-electron chi connectivity index (χ4n) is 2.63. The normalized spacial score (nSPS) is 27.1. The molecule has 0 radical (unpaired) electrons. The van der Waals surface area contributed by atoms with Crippen LogP contribution >= 0.6 is 0 Å². The molecule has 1 saturated heterocycles. The summed E-state index contributed by atoms with van der Waals surface area (Å²) in [5, 5.41) is 0. The number of hydrogen-bond donors (Lipinski definition) is 1. The highest BCUT2D eigenvalue weighted by molar-refractivity contribution is 5.14. The van der Waals surface area contributed by atoms with Crippen molar-refractivity contribution in [1.82, 2.24) is 9.80 Å². The maximum Gasteiger partial charge on any atom is 0.0349 e. The molecular weight excluding hydrogens is 222 g/mol. The molecule has 0 amide bonds. The van der Waals surface area contributed by atoms with Gasteiger partial charge in [-0.05, 0) is 26.0 Å². The van der Waals surface area contributed by atoms with Gasteiger partial charge in [0.15, 0.2) is 0 Å². The summed E-state index contributed by atoms with van der Waals surface area (Å²) < 4.78 is 0. The van der Waals surface area contributed by atoms with E-state index in [2.05, 4.69) is 54.1 Å². The van der Waals surface area contributed by atoms with Crippen LogP contribution in [0.2, 0.25) is 0 Å². The molecule has 3 heteroatoms. The Morgan fingerprint density at radius 2 is 2.00 bits per heavy atom. The van der Waals surface area contributed by atoms with E-state index in [0.717, 1.165) is 26.2 Å².